The maximum atomic E-state index is 12.9. The Hall–Kier alpha value is -1.15. The molecular formula is C16H28N2O5S. The maximum Gasteiger partial charge on any atom is 0.317 e. The molecule has 0 bridgehead atoms. The summed E-state index contributed by atoms with van der Waals surface area (Å²) >= 11 is 0. The van der Waals surface area contributed by atoms with Crippen LogP contribution in [0.15, 0.2) is 0 Å². The first kappa shape index (κ1) is 19.2. The summed E-state index contributed by atoms with van der Waals surface area (Å²) in [5, 5.41) is 9.01. The number of aliphatic carboxylic acids is 1. The van der Waals surface area contributed by atoms with E-state index in [1.54, 1.807) is 9.80 Å². The summed E-state index contributed by atoms with van der Waals surface area (Å²) in [7, 11) is -3.06. The van der Waals surface area contributed by atoms with Crippen LogP contribution < -0.4 is 0 Å². The van der Waals surface area contributed by atoms with Crippen LogP contribution in [0, 0.1) is 0 Å². The van der Waals surface area contributed by atoms with E-state index in [1.165, 1.54) is 0 Å². The number of carbonyl (C=O) groups excluding carboxylic acids is 1. The minimum atomic E-state index is -3.06. The maximum absolute atomic E-state index is 12.9. The largest absolute Gasteiger partial charge is 0.480 e. The number of hydrogen-bond donors (Lipinski definition) is 1. The molecule has 2 rings (SSSR count). The van der Waals surface area contributed by atoms with Crippen molar-refractivity contribution in [3.8, 4) is 0 Å². The van der Waals surface area contributed by atoms with E-state index in [9.17, 15) is 18.0 Å². The quantitative estimate of drug-likeness (QED) is 0.686. The van der Waals surface area contributed by atoms with Crippen LogP contribution in [-0.2, 0) is 19.4 Å². The van der Waals surface area contributed by atoms with Gasteiger partial charge in [0.25, 0.3) is 0 Å². The van der Waals surface area contributed by atoms with Crippen LogP contribution in [0.5, 0.6) is 0 Å². The highest BCUT2D eigenvalue weighted by atomic mass is 32.2. The van der Waals surface area contributed by atoms with Gasteiger partial charge in [0.15, 0.2) is 9.84 Å². The van der Waals surface area contributed by atoms with Gasteiger partial charge in [-0.05, 0) is 32.2 Å². The summed E-state index contributed by atoms with van der Waals surface area (Å²) in [4.78, 5) is 27.3. The lowest BCUT2D eigenvalue weighted by molar-refractivity contribution is -0.141. The summed E-state index contributed by atoms with van der Waals surface area (Å²) in [6.07, 6.45) is 5.20. The van der Waals surface area contributed by atoms with Crippen molar-refractivity contribution in [2.45, 2.75) is 57.5 Å². The van der Waals surface area contributed by atoms with E-state index < -0.39 is 15.8 Å². The predicted molar refractivity (Wildman–Crippen MR) is 90.5 cm³/mol. The van der Waals surface area contributed by atoms with E-state index in [1.807, 2.05) is 6.92 Å². The monoisotopic (exact) mass is 360 g/mol. The van der Waals surface area contributed by atoms with E-state index in [4.69, 9.17) is 5.11 Å². The van der Waals surface area contributed by atoms with Gasteiger partial charge in [-0.2, -0.15) is 0 Å². The molecular weight excluding hydrogens is 332 g/mol. The van der Waals surface area contributed by atoms with Crippen molar-refractivity contribution >= 4 is 21.7 Å². The molecule has 1 N–H and O–H groups in total. The number of nitrogens with zero attached hydrogens (tertiary/aromatic N) is 2. The third kappa shape index (κ3) is 5.17. The molecule has 1 saturated heterocycles. The van der Waals surface area contributed by atoms with Crippen LogP contribution >= 0.6 is 0 Å². The van der Waals surface area contributed by atoms with Crippen LogP contribution in [-0.4, -0.2) is 78.4 Å². The minimum Gasteiger partial charge on any atom is -0.480 e. The first-order chi connectivity index (χ1) is 11.3. The summed E-state index contributed by atoms with van der Waals surface area (Å²) in [6, 6.07) is -0.150. The molecule has 0 aromatic rings. The summed E-state index contributed by atoms with van der Waals surface area (Å²) in [6.45, 7) is 2.37. The van der Waals surface area contributed by atoms with Crippen LogP contribution in [0.25, 0.3) is 0 Å². The van der Waals surface area contributed by atoms with E-state index in [-0.39, 0.29) is 42.6 Å². The highest BCUT2D eigenvalue weighted by Gasteiger charge is 2.39. The van der Waals surface area contributed by atoms with Gasteiger partial charge in [0, 0.05) is 12.1 Å². The molecule has 0 aromatic heterocycles. The van der Waals surface area contributed by atoms with E-state index in [2.05, 4.69) is 0 Å². The molecule has 1 aliphatic carbocycles. The Labute approximate surface area is 143 Å². The number of carbonyl (C=O) groups is 2. The Morgan fingerprint density at radius 2 is 1.75 bits per heavy atom. The van der Waals surface area contributed by atoms with Crippen molar-refractivity contribution in [2.75, 3.05) is 31.1 Å². The number of carboxylic acids is 1. The molecule has 2 aliphatic rings. The van der Waals surface area contributed by atoms with Gasteiger partial charge < -0.3 is 10.0 Å². The average Bonchev–Trinajstić information content (AvgIpc) is 3.09. The van der Waals surface area contributed by atoms with Gasteiger partial charge in [0.2, 0.25) is 5.91 Å². The smallest absolute Gasteiger partial charge is 0.317 e. The van der Waals surface area contributed by atoms with Gasteiger partial charge in [-0.25, -0.2) is 8.42 Å². The molecule has 0 radical (unpaired) electrons. The van der Waals surface area contributed by atoms with Crippen LogP contribution in [0.3, 0.4) is 0 Å². The number of carboxylic acid groups (broad SMARTS) is 1. The fraction of sp³-hybridized carbons (Fsp3) is 0.875. The number of hydrogen-bond acceptors (Lipinski definition) is 5. The van der Waals surface area contributed by atoms with Crippen molar-refractivity contribution in [1.82, 2.24) is 9.80 Å². The second-order valence-corrected chi connectivity index (χ2v) is 9.13. The van der Waals surface area contributed by atoms with Crippen molar-refractivity contribution < 1.29 is 23.1 Å². The van der Waals surface area contributed by atoms with Crippen LogP contribution in [0.4, 0.5) is 0 Å². The Morgan fingerprint density at radius 1 is 1.08 bits per heavy atom. The normalized spacial score (nSPS) is 23.7. The first-order valence-electron chi connectivity index (χ1n) is 8.78. The second-order valence-electron chi connectivity index (χ2n) is 6.90. The van der Waals surface area contributed by atoms with Gasteiger partial charge in [-0.3, -0.25) is 14.5 Å². The molecule has 1 unspecified atom stereocenters. The molecule has 0 aromatic carbocycles. The van der Waals surface area contributed by atoms with E-state index in [0.29, 0.717) is 13.0 Å². The molecule has 1 heterocycles. The third-order valence-corrected chi connectivity index (χ3v) is 6.62. The molecule has 1 saturated carbocycles. The van der Waals surface area contributed by atoms with Crippen molar-refractivity contribution in [2.24, 2.45) is 0 Å². The molecule has 138 valence electrons. The van der Waals surface area contributed by atoms with Crippen LogP contribution in [0.1, 0.15) is 45.4 Å². The predicted octanol–water partition coefficient (Wildman–Crippen LogP) is 0.741. The molecule has 2 fully saturated rings. The zero-order valence-electron chi connectivity index (χ0n) is 14.3. The fourth-order valence-corrected chi connectivity index (χ4v) is 5.59. The minimum absolute atomic E-state index is 0.0436. The molecule has 1 amide bonds. The topological polar surface area (TPSA) is 95.0 Å². The summed E-state index contributed by atoms with van der Waals surface area (Å²) < 4.78 is 23.7. The van der Waals surface area contributed by atoms with E-state index >= 15 is 0 Å². The highest BCUT2D eigenvalue weighted by molar-refractivity contribution is 7.91. The zero-order chi connectivity index (χ0) is 17.7. The SMILES string of the molecule is CCCN(CC(=O)O)CC(=O)N(C1CCCC1)C1CCS(=O)(=O)C1. The highest BCUT2D eigenvalue weighted by Crippen LogP contribution is 2.29. The van der Waals surface area contributed by atoms with E-state index in [0.717, 1.165) is 32.1 Å². The standard InChI is InChI=1S/C16H28N2O5S/c1-2-8-17(11-16(20)21)10-15(19)18(13-5-3-4-6-13)14-7-9-24(22,23)12-14/h13-14H,2-12H2,1H3,(H,20,21). The Balaban J connectivity index is 2.10. The van der Waals surface area contributed by atoms with Gasteiger partial charge in [0.1, 0.15) is 0 Å². The second kappa shape index (κ2) is 8.29. The Kier molecular flexibility index (Phi) is 6.62. The number of amides is 1. The first-order valence-corrected chi connectivity index (χ1v) is 10.6. The average molecular weight is 360 g/mol. The summed E-state index contributed by atoms with van der Waals surface area (Å²) in [5.41, 5.74) is 0. The lowest BCUT2D eigenvalue weighted by Gasteiger charge is -2.35. The third-order valence-electron chi connectivity index (χ3n) is 4.87. The van der Waals surface area contributed by atoms with Crippen LogP contribution in [0.2, 0.25) is 0 Å². The molecule has 1 atom stereocenters. The Bertz CT molecular complexity index is 557. The molecule has 1 aliphatic heterocycles. The fourth-order valence-electron chi connectivity index (χ4n) is 3.88. The van der Waals surface area contributed by atoms with Gasteiger partial charge in [0.05, 0.1) is 24.6 Å². The van der Waals surface area contributed by atoms with Gasteiger partial charge in [-0.15, -0.1) is 0 Å². The molecule has 24 heavy (non-hydrogen) atoms. The molecule has 7 nitrogen and oxygen atoms in total. The van der Waals surface area contributed by atoms with Crippen molar-refractivity contribution in [3.05, 3.63) is 0 Å². The van der Waals surface area contributed by atoms with Crippen molar-refractivity contribution in [1.29, 1.82) is 0 Å². The molecule has 0 spiro atoms. The number of rotatable bonds is 8. The summed E-state index contributed by atoms with van der Waals surface area (Å²) in [5.74, 6) is -0.894. The lowest BCUT2D eigenvalue weighted by Crippen LogP contribution is -2.51. The Morgan fingerprint density at radius 3 is 2.25 bits per heavy atom. The lowest BCUT2D eigenvalue weighted by atomic mass is 10.1. The number of sulfone groups is 1. The molecule has 8 heteroatoms. The van der Waals surface area contributed by atoms with Gasteiger partial charge >= 0.3 is 5.97 Å². The van der Waals surface area contributed by atoms with Gasteiger partial charge in [-0.1, -0.05) is 19.8 Å². The van der Waals surface area contributed by atoms with Crippen molar-refractivity contribution in [3.63, 3.8) is 0 Å². The zero-order valence-corrected chi connectivity index (χ0v) is 15.1.